The van der Waals surface area contributed by atoms with Crippen molar-refractivity contribution in [3.8, 4) is 0 Å². The Labute approximate surface area is 153 Å². The van der Waals surface area contributed by atoms with E-state index in [1.54, 1.807) is 0 Å². The predicted octanol–water partition coefficient (Wildman–Crippen LogP) is 3.84. The molecule has 0 unspecified atom stereocenters. The third-order valence-corrected chi connectivity index (χ3v) is 5.20. The van der Waals surface area contributed by atoms with Gasteiger partial charge in [-0.05, 0) is 21.9 Å². The van der Waals surface area contributed by atoms with Crippen LogP contribution in [-0.2, 0) is 6.54 Å². The highest BCUT2D eigenvalue weighted by Crippen LogP contribution is 2.37. The first-order chi connectivity index (χ1) is 12.8. The van der Waals surface area contributed by atoms with Crippen LogP contribution in [0.15, 0.2) is 78.0 Å². The van der Waals surface area contributed by atoms with Crippen molar-refractivity contribution < 1.29 is 10.3 Å². The summed E-state index contributed by atoms with van der Waals surface area (Å²) in [5.41, 5.74) is 2.95. The second-order valence-corrected chi connectivity index (χ2v) is 6.79. The van der Waals surface area contributed by atoms with Crippen LogP contribution in [0.25, 0.3) is 10.8 Å². The van der Waals surface area contributed by atoms with Gasteiger partial charge in [-0.2, -0.15) is 0 Å². The van der Waals surface area contributed by atoms with E-state index in [1.807, 2.05) is 36.4 Å². The molecule has 0 spiro atoms. The number of likely N-dealkylation sites (tertiary alicyclic amines) is 1. The van der Waals surface area contributed by atoms with Gasteiger partial charge in [-0.25, -0.2) is 0 Å². The average Bonchev–Trinajstić information content (AvgIpc) is 3.05. The standard InChI is InChI=1S/C22H22N2O2/c25-15-18-14-24(13-16-7-2-1-3-8-16)22(21(18)23-26)20-12-6-10-17-9-4-5-11-19(17)20/h1-12,18,22,25-26H,13-15H2/b23-21+/t18-,22-/m0/s1. The highest BCUT2D eigenvalue weighted by Gasteiger charge is 2.40. The summed E-state index contributed by atoms with van der Waals surface area (Å²) in [6, 6.07) is 24.6. The van der Waals surface area contributed by atoms with Crippen LogP contribution in [0.4, 0.5) is 0 Å². The number of fused-ring (bicyclic) bond motifs is 1. The Kier molecular flexibility index (Phi) is 4.69. The van der Waals surface area contributed by atoms with Gasteiger partial charge in [0.25, 0.3) is 0 Å². The van der Waals surface area contributed by atoms with Gasteiger partial charge in [-0.1, -0.05) is 78.0 Å². The van der Waals surface area contributed by atoms with Crippen molar-refractivity contribution in [2.45, 2.75) is 12.6 Å². The van der Waals surface area contributed by atoms with Gasteiger partial charge in [0.1, 0.15) is 0 Å². The summed E-state index contributed by atoms with van der Waals surface area (Å²) >= 11 is 0. The molecule has 2 atom stereocenters. The number of oxime groups is 1. The Morgan fingerprint density at radius 1 is 0.923 bits per heavy atom. The fourth-order valence-corrected chi connectivity index (χ4v) is 4.00. The number of aliphatic hydroxyl groups is 1. The summed E-state index contributed by atoms with van der Waals surface area (Å²) in [5.74, 6) is -0.160. The first kappa shape index (κ1) is 16.8. The number of rotatable bonds is 4. The van der Waals surface area contributed by atoms with Crippen LogP contribution in [0.3, 0.4) is 0 Å². The van der Waals surface area contributed by atoms with Crippen molar-refractivity contribution in [2.75, 3.05) is 13.2 Å². The summed E-state index contributed by atoms with van der Waals surface area (Å²) in [5, 5.41) is 25.4. The Balaban J connectivity index is 1.80. The lowest BCUT2D eigenvalue weighted by Crippen LogP contribution is -2.25. The minimum absolute atomic E-state index is 0.0219. The molecular formula is C22H22N2O2. The van der Waals surface area contributed by atoms with Gasteiger partial charge >= 0.3 is 0 Å². The van der Waals surface area contributed by atoms with Crippen molar-refractivity contribution in [1.29, 1.82) is 0 Å². The number of benzene rings is 3. The Morgan fingerprint density at radius 3 is 2.42 bits per heavy atom. The number of aliphatic hydroxyl groups excluding tert-OH is 1. The molecular weight excluding hydrogens is 324 g/mol. The van der Waals surface area contributed by atoms with E-state index in [0.717, 1.165) is 22.9 Å². The predicted molar refractivity (Wildman–Crippen MR) is 103 cm³/mol. The molecule has 0 bridgehead atoms. The second-order valence-electron chi connectivity index (χ2n) is 6.79. The first-order valence-corrected chi connectivity index (χ1v) is 8.90. The maximum Gasteiger partial charge on any atom is 0.0854 e. The summed E-state index contributed by atoms with van der Waals surface area (Å²) in [6.07, 6.45) is 0. The van der Waals surface area contributed by atoms with E-state index in [1.165, 1.54) is 5.56 Å². The van der Waals surface area contributed by atoms with E-state index in [4.69, 9.17) is 0 Å². The van der Waals surface area contributed by atoms with Crippen LogP contribution in [0.5, 0.6) is 0 Å². The van der Waals surface area contributed by atoms with Gasteiger partial charge in [0.15, 0.2) is 0 Å². The average molecular weight is 346 g/mol. The number of nitrogens with zero attached hydrogens (tertiary/aromatic N) is 2. The highest BCUT2D eigenvalue weighted by atomic mass is 16.4. The Hall–Kier alpha value is -2.69. The molecule has 1 saturated heterocycles. The summed E-state index contributed by atoms with van der Waals surface area (Å²) in [7, 11) is 0. The fourth-order valence-electron chi connectivity index (χ4n) is 4.00. The van der Waals surface area contributed by atoms with Gasteiger partial charge < -0.3 is 10.3 Å². The van der Waals surface area contributed by atoms with E-state index in [0.29, 0.717) is 12.3 Å². The molecule has 2 N–H and O–H groups in total. The molecule has 132 valence electrons. The third kappa shape index (κ3) is 2.98. The SMILES string of the molecule is OC[C@@H]1CN(Cc2ccccc2)[C@@H](c2cccc3ccccc23)/C1=N/O. The summed E-state index contributed by atoms with van der Waals surface area (Å²) < 4.78 is 0. The second kappa shape index (κ2) is 7.28. The van der Waals surface area contributed by atoms with Gasteiger partial charge in [-0.3, -0.25) is 4.90 Å². The molecule has 3 aromatic rings. The molecule has 0 radical (unpaired) electrons. The summed E-state index contributed by atoms with van der Waals surface area (Å²) in [6.45, 7) is 1.38. The Morgan fingerprint density at radius 2 is 1.65 bits per heavy atom. The van der Waals surface area contributed by atoms with Crippen molar-refractivity contribution in [3.63, 3.8) is 0 Å². The largest absolute Gasteiger partial charge is 0.411 e. The van der Waals surface area contributed by atoms with Crippen LogP contribution in [0.1, 0.15) is 17.2 Å². The van der Waals surface area contributed by atoms with Crippen molar-refractivity contribution in [1.82, 2.24) is 4.90 Å². The molecule has 0 aromatic heterocycles. The lowest BCUT2D eigenvalue weighted by molar-refractivity contribution is 0.214. The lowest BCUT2D eigenvalue weighted by Gasteiger charge is -2.25. The van der Waals surface area contributed by atoms with E-state index in [2.05, 4.69) is 46.5 Å². The van der Waals surface area contributed by atoms with Crippen LogP contribution in [0, 0.1) is 5.92 Å². The smallest absolute Gasteiger partial charge is 0.0854 e. The van der Waals surface area contributed by atoms with Gasteiger partial charge in [0.2, 0.25) is 0 Å². The quantitative estimate of drug-likeness (QED) is 0.557. The number of hydrogen-bond donors (Lipinski definition) is 2. The molecule has 1 aliphatic rings. The molecule has 4 nitrogen and oxygen atoms in total. The zero-order valence-electron chi connectivity index (χ0n) is 14.5. The molecule has 0 saturated carbocycles. The van der Waals surface area contributed by atoms with Crippen molar-refractivity contribution >= 4 is 16.5 Å². The third-order valence-electron chi connectivity index (χ3n) is 5.20. The molecule has 4 heteroatoms. The number of hydrogen-bond acceptors (Lipinski definition) is 4. The van der Waals surface area contributed by atoms with Crippen LogP contribution < -0.4 is 0 Å². The van der Waals surface area contributed by atoms with E-state index in [9.17, 15) is 10.3 Å². The first-order valence-electron chi connectivity index (χ1n) is 8.90. The lowest BCUT2D eigenvalue weighted by atomic mass is 9.93. The van der Waals surface area contributed by atoms with Gasteiger partial charge in [0.05, 0.1) is 18.4 Å². The van der Waals surface area contributed by atoms with Gasteiger partial charge in [0, 0.05) is 19.0 Å². The molecule has 1 heterocycles. The van der Waals surface area contributed by atoms with Crippen LogP contribution in [0.2, 0.25) is 0 Å². The molecule has 1 aliphatic heterocycles. The zero-order valence-corrected chi connectivity index (χ0v) is 14.5. The molecule has 4 rings (SSSR count). The van der Waals surface area contributed by atoms with E-state index in [-0.39, 0.29) is 18.6 Å². The molecule has 1 fully saturated rings. The maximum absolute atomic E-state index is 9.81. The maximum atomic E-state index is 9.81. The van der Waals surface area contributed by atoms with Crippen molar-refractivity contribution in [2.24, 2.45) is 11.1 Å². The molecule has 0 aliphatic carbocycles. The minimum atomic E-state index is -0.160. The van der Waals surface area contributed by atoms with Gasteiger partial charge in [-0.15, -0.1) is 0 Å². The monoisotopic (exact) mass is 346 g/mol. The van der Waals surface area contributed by atoms with E-state index >= 15 is 0 Å². The normalized spacial score (nSPS) is 22.3. The Bertz CT molecular complexity index is 918. The van der Waals surface area contributed by atoms with Crippen molar-refractivity contribution in [3.05, 3.63) is 83.9 Å². The zero-order chi connectivity index (χ0) is 17.9. The molecule has 26 heavy (non-hydrogen) atoms. The summed E-state index contributed by atoms with van der Waals surface area (Å²) in [4.78, 5) is 2.28. The van der Waals surface area contributed by atoms with Crippen LogP contribution >= 0.6 is 0 Å². The molecule has 3 aromatic carbocycles. The topological polar surface area (TPSA) is 56.1 Å². The molecule has 0 amide bonds. The minimum Gasteiger partial charge on any atom is -0.411 e. The highest BCUT2D eigenvalue weighted by molar-refractivity contribution is 5.98. The fraction of sp³-hybridized carbons (Fsp3) is 0.227. The van der Waals surface area contributed by atoms with E-state index < -0.39 is 0 Å². The van der Waals surface area contributed by atoms with Crippen LogP contribution in [-0.4, -0.2) is 34.1 Å².